The van der Waals surface area contributed by atoms with Crippen molar-refractivity contribution < 1.29 is 4.79 Å². The van der Waals surface area contributed by atoms with Crippen LogP contribution in [0.5, 0.6) is 0 Å². The van der Waals surface area contributed by atoms with Crippen LogP contribution in [0, 0.1) is 0 Å². The second-order valence-corrected chi connectivity index (χ2v) is 6.79. The van der Waals surface area contributed by atoms with E-state index in [0.29, 0.717) is 5.69 Å². The number of amides is 1. The van der Waals surface area contributed by atoms with Crippen LogP contribution in [-0.2, 0) is 6.42 Å². The fourth-order valence-electron chi connectivity index (χ4n) is 3.26. The van der Waals surface area contributed by atoms with Crippen molar-refractivity contribution in [1.29, 1.82) is 0 Å². The van der Waals surface area contributed by atoms with Gasteiger partial charge < -0.3 is 4.90 Å². The SMILES string of the molecule is CC1c2ccccc2CCN1C(=O)c1cc2ccc(Br)cn2n1. The van der Waals surface area contributed by atoms with Gasteiger partial charge in [0.1, 0.15) is 0 Å². The molecule has 1 amide bonds. The number of rotatable bonds is 1. The van der Waals surface area contributed by atoms with Crippen molar-refractivity contribution in [2.75, 3.05) is 6.54 Å². The molecule has 0 spiro atoms. The zero-order chi connectivity index (χ0) is 16.0. The zero-order valence-corrected chi connectivity index (χ0v) is 14.3. The lowest BCUT2D eigenvalue weighted by Crippen LogP contribution is -2.39. The Morgan fingerprint density at radius 3 is 2.96 bits per heavy atom. The van der Waals surface area contributed by atoms with Crippen LogP contribution in [0.4, 0.5) is 0 Å². The number of carbonyl (C=O) groups is 1. The summed E-state index contributed by atoms with van der Waals surface area (Å²) in [5, 5.41) is 4.43. The molecule has 0 aliphatic carbocycles. The molecular formula is C18H16BrN3O. The minimum absolute atomic E-state index is 0.00757. The third-order valence-electron chi connectivity index (χ3n) is 4.50. The Balaban J connectivity index is 1.68. The zero-order valence-electron chi connectivity index (χ0n) is 12.7. The lowest BCUT2D eigenvalue weighted by molar-refractivity contribution is 0.0671. The van der Waals surface area contributed by atoms with E-state index in [0.717, 1.165) is 23.0 Å². The van der Waals surface area contributed by atoms with Crippen molar-refractivity contribution in [2.45, 2.75) is 19.4 Å². The predicted molar refractivity (Wildman–Crippen MR) is 92.5 cm³/mol. The van der Waals surface area contributed by atoms with E-state index in [1.807, 2.05) is 35.4 Å². The monoisotopic (exact) mass is 369 g/mol. The molecule has 0 fully saturated rings. The van der Waals surface area contributed by atoms with Gasteiger partial charge in [0.15, 0.2) is 5.69 Å². The standard InChI is InChI=1S/C18H16BrN3O/c1-12-16-5-3-2-4-13(16)8-9-21(12)18(23)17-10-15-7-6-14(19)11-22(15)20-17/h2-7,10-12H,8-9H2,1H3. The Morgan fingerprint density at radius 2 is 2.09 bits per heavy atom. The molecule has 0 bridgehead atoms. The average Bonchev–Trinajstić information content (AvgIpc) is 2.98. The summed E-state index contributed by atoms with van der Waals surface area (Å²) in [6.07, 6.45) is 2.76. The molecule has 3 heterocycles. The molecule has 23 heavy (non-hydrogen) atoms. The van der Waals surface area contributed by atoms with E-state index in [1.54, 1.807) is 4.52 Å². The summed E-state index contributed by atoms with van der Waals surface area (Å²) in [5.74, 6) is -0.00757. The van der Waals surface area contributed by atoms with Crippen LogP contribution in [0.25, 0.3) is 5.52 Å². The number of benzene rings is 1. The highest BCUT2D eigenvalue weighted by Gasteiger charge is 2.29. The van der Waals surface area contributed by atoms with Crippen LogP contribution < -0.4 is 0 Å². The Morgan fingerprint density at radius 1 is 1.26 bits per heavy atom. The molecule has 1 aliphatic heterocycles. The molecule has 0 saturated heterocycles. The quantitative estimate of drug-likeness (QED) is 0.653. The smallest absolute Gasteiger partial charge is 0.274 e. The fourth-order valence-corrected chi connectivity index (χ4v) is 3.59. The number of aromatic nitrogens is 2. The Kier molecular flexibility index (Phi) is 3.45. The first-order valence-electron chi connectivity index (χ1n) is 7.67. The normalized spacial score (nSPS) is 17.3. The van der Waals surface area contributed by atoms with E-state index < -0.39 is 0 Å². The Labute approximate surface area is 142 Å². The lowest BCUT2D eigenvalue weighted by Gasteiger charge is -2.34. The maximum absolute atomic E-state index is 12.9. The topological polar surface area (TPSA) is 37.6 Å². The van der Waals surface area contributed by atoms with Gasteiger partial charge in [0.05, 0.1) is 11.6 Å². The summed E-state index contributed by atoms with van der Waals surface area (Å²) in [4.78, 5) is 14.8. The van der Waals surface area contributed by atoms with Gasteiger partial charge in [0, 0.05) is 17.2 Å². The number of fused-ring (bicyclic) bond motifs is 2. The summed E-state index contributed by atoms with van der Waals surface area (Å²) >= 11 is 3.43. The maximum Gasteiger partial charge on any atom is 0.274 e. The summed E-state index contributed by atoms with van der Waals surface area (Å²) in [6, 6.07) is 14.2. The van der Waals surface area contributed by atoms with Gasteiger partial charge >= 0.3 is 0 Å². The molecule has 4 rings (SSSR count). The van der Waals surface area contributed by atoms with Crippen molar-refractivity contribution in [3.05, 3.63) is 70.0 Å². The molecule has 0 N–H and O–H groups in total. The van der Waals surface area contributed by atoms with Crippen LogP contribution in [0.3, 0.4) is 0 Å². The molecule has 1 aliphatic rings. The number of halogens is 1. The van der Waals surface area contributed by atoms with Gasteiger partial charge in [-0.15, -0.1) is 0 Å². The highest BCUT2D eigenvalue weighted by molar-refractivity contribution is 9.10. The first-order valence-corrected chi connectivity index (χ1v) is 8.46. The van der Waals surface area contributed by atoms with Crippen molar-refractivity contribution in [3.8, 4) is 0 Å². The van der Waals surface area contributed by atoms with Gasteiger partial charge in [0.2, 0.25) is 0 Å². The molecule has 4 nitrogen and oxygen atoms in total. The van der Waals surface area contributed by atoms with Crippen molar-refractivity contribution in [3.63, 3.8) is 0 Å². The molecule has 0 saturated carbocycles. The predicted octanol–water partition coefficient (Wildman–Crippen LogP) is 3.86. The molecule has 1 unspecified atom stereocenters. The molecule has 0 radical (unpaired) electrons. The highest BCUT2D eigenvalue weighted by Crippen LogP contribution is 2.30. The van der Waals surface area contributed by atoms with Gasteiger partial charge in [-0.3, -0.25) is 4.79 Å². The van der Waals surface area contributed by atoms with Crippen molar-refractivity contribution in [1.82, 2.24) is 14.5 Å². The number of nitrogens with zero attached hydrogens (tertiary/aromatic N) is 3. The molecule has 1 atom stereocenters. The summed E-state index contributed by atoms with van der Waals surface area (Å²) in [7, 11) is 0. The van der Waals surface area contributed by atoms with E-state index in [-0.39, 0.29) is 11.9 Å². The lowest BCUT2D eigenvalue weighted by atomic mass is 9.93. The maximum atomic E-state index is 12.9. The molecule has 5 heteroatoms. The first kappa shape index (κ1) is 14.5. The molecule has 3 aromatic rings. The third-order valence-corrected chi connectivity index (χ3v) is 4.97. The van der Waals surface area contributed by atoms with Crippen LogP contribution in [0.2, 0.25) is 0 Å². The molecular weight excluding hydrogens is 354 g/mol. The molecule has 2 aromatic heterocycles. The average molecular weight is 370 g/mol. The van der Waals surface area contributed by atoms with Crippen molar-refractivity contribution >= 4 is 27.4 Å². The van der Waals surface area contributed by atoms with Crippen molar-refractivity contribution in [2.24, 2.45) is 0 Å². The van der Waals surface area contributed by atoms with Gasteiger partial charge in [-0.25, -0.2) is 4.52 Å². The van der Waals surface area contributed by atoms with E-state index in [4.69, 9.17) is 0 Å². The van der Waals surface area contributed by atoms with Crippen LogP contribution in [-0.4, -0.2) is 27.0 Å². The fraction of sp³-hybridized carbons (Fsp3) is 0.222. The van der Waals surface area contributed by atoms with Crippen LogP contribution >= 0.6 is 15.9 Å². The Hall–Kier alpha value is -2.14. The Bertz CT molecular complexity index is 902. The third kappa shape index (κ3) is 2.45. The van der Waals surface area contributed by atoms with E-state index in [2.05, 4.69) is 46.2 Å². The van der Waals surface area contributed by atoms with E-state index in [1.165, 1.54) is 11.1 Å². The van der Waals surface area contributed by atoms with Crippen LogP contribution in [0.15, 0.2) is 53.1 Å². The minimum Gasteiger partial charge on any atom is -0.330 e. The molecule has 1 aromatic carbocycles. The van der Waals surface area contributed by atoms with Gasteiger partial charge in [-0.1, -0.05) is 24.3 Å². The highest BCUT2D eigenvalue weighted by atomic mass is 79.9. The summed E-state index contributed by atoms with van der Waals surface area (Å²) < 4.78 is 2.67. The second-order valence-electron chi connectivity index (χ2n) is 5.87. The number of carbonyl (C=O) groups excluding carboxylic acids is 1. The van der Waals surface area contributed by atoms with Crippen LogP contribution in [0.1, 0.15) is 34.6 Å². The largest absolute Gasteiger partial charge is 0.330 e. The van der Waals surface area contributed by atoms with Gasteiger partial charge in [0.25, 0.3) is 5.91 Å². The van der Waals surface area contributed by atoms with E-state index >= 15 is 0 Å². The summed E-state index contributed by atoms with van der Waals surface area (Å²) in [6.45, 7) is 2.82. The number of hydrogen-bond acceptors (Lipinski definition) is 2. The number of pyridine rings is 1. The van der Waals surface area contributed by atoms with Gasteiger partial charge in [-0.2, -0.15) is 5.10 Å². The first-order chi connectivity index (χ1) is 11.1. The molecule has 116 valence electrons. The van der Waals surface area contributed by atoms with E-state index in [9.17, 15) is 4.79 Å². The summed E-state index contributed by atoms with van der Waals surface area (Å²) in [5.41, 5.74) is 3.98. The minimum atomic E-state index is -0.00757. The number of hydrogen-bond donors (Lipinski definition) is 0. The van der Waals surface area contributed by atoms with Gasteiger partial charge in [-0.05, 0) is 58.6 Å². The second kappa shape index (κ2) is 5.49.